The van der Waals surface area contributed by atoms with E-state index >= 15 is 0 Å². The second-order valence-corrected chi connectivity index (χ2v) is 2.55. The second kappa shape index (κ2) is 3.35. The van der Waals surface area contributed by atoms with Gasteiger partial charge < -0.3 is 0 Å². The normalized spacial score (nSPS) is 9.33. The van der Waals surface area contributed by atoms with E-state index in [9.17, 15) is 4.79 Å². The number of aromatic nitrogens is 1. The Labute approximate surface area is 57.5 Å². The van der Waals surface area contributed by atoms with Crippen molar-refractivity contribution in [1.29, 1.82) is 0 Å². The van der Waals surface area contributed by atoms with Crippen molar-refractivity contribution in [2.24, 2.45) is 0 Å². The Bertz CT molecular complexity index is 171. The van der Waals surface area contributed by atoms with Gasteiger partial charge in [0.2, 0.25) is 0 Å². The average Bonchev–Trinajstić information content (AvgIpc) is 2.34. The molecular formula is C6H6NOS. The molecule has 9 heavy (non-hydrogen) atoms. The Morgan fingerprint density at radius 1 is 1.78 bits per heavy atom. The summed E-state index contributed by atoms with van der Waals surface area (Å²) in [6.07, 6.45) is 4.77. The molecule has 47 valence electrons. The van der Waals surface area contributed by atoms with Crippen LogP contribution in [-0.2, 0) is 11.2 Å². The molecular weight excluding hydrogens is 134 g/mol. The molecule has 0 atom stereocenters. The van der Waals surface area contributed by atoms with Crippen molar-refractivity contribution in [2.45, 2.75) is 12.8 Å². The molecule has 0 aliphatic heterocycles. The maximum atomic E-state index is 9.75. The number of carbonyl (C=O) groups excluding carboxylic acids is 1. The summed E-state index contributed by atoms with van der Waals surface area (Å²) in [7, 11) is 0. The lowest BCUT2D eigenvalue weighted by Gasteiger charge is -1.83. The molecule has 0 spiro atoms. The van der Waals surface area contributed by atoms with Gasteiger partial charge in [0, 0.05) is 24.4 Å². The fourth-order valence-electron chi connectivity index (χ4n) is 0.534. The van der Waals surface area contributed by atoms with Crippen molar-refractivity contribution in [3.8, 4) is 0 Å². The quantitative estimate of drug-likeness (QED) is 0.631. The van der Waals surface area contributed by atoms with Crippen LogP contribution in [0.25, 0.3) is 0 Å². The van der Waals surface area contributed by atoms with E-state index in [1.807, 2.05) is 11.7 Å². The summed E-state index contributed by atoms with van der Waals surface area (Å²) in [6.45, 7) is 0. The maximum Gasteiger partial charge on any atom is 0.198 e. The molecule has 0 aliphatic rings. The van der Waals surface area contributed by atoms with E-state index in [0.717, 1.165) is 11.4 Å². The fraction of sp³-hybridized carbons (Fsp3) is 0.333. The van der Waals surface area contributed by atoms with Crippen molar-refractivity contribution >= 4 is 17.6 Å². The van der Waals surface area contributed by atoms with Crippen LogP contribution in [-0.4, -0.2) is 11.3 Å². The third kappa shape index (κ3) is 1.93. The summed E-state index contributed by atoms with van der Waals surface area (Å²) in [6, 6.07) is 0. The first kappa shape index (κ1) is 6.42. The topological polar surface area (TPSA) is 30.0 Å². The summed E-state index contributed by atoms with van der Waals surface area (Å²) in [5.74, 6) is 0. The lowest BCUT2D eigenvalue weighted by Crippen LogP contribution is -1.82. The number of aryl methyl sites for hydroxylation is 1. The predicted molar refractivity (Wildman–Crippen MR) is 36.1 cm³/mol. The molecule has 1 radical (unpaired) electrons. The molecule has 1 aromatic heterocycles. The smallest absolute Gasteiger partial charge is 0.198 e. The lowest BCUT2D eigenvalue weighted by molar-refractivity contribution is 0.551. The molecule has 1 rings (SSSR count). The SMILES string of the molecule is O=[C]CCc1nccs1. The summed E-state index contributed by atoms with van der Waals surface area (Å²) in [5, 5.41) is 2.92. The molecule has 0 aliphatic carbocycles. The van der Waals surface area contributed by atoms with Crippen LogP contribution in [0.2, 0.25) is 0 Å². The Morgan fingerprint density at radius 2 is 2.67 bits per heavy atom. The molecule has 0 amide bonds. The van der Waals surface area contributed by atoms with Crippen molar-refractivity contribution in [3.05, 3.63) is 16.6 Å². The van der Waals surface area contributed by atoms with Gasteiger partial charge in [0.25, 0.3) is 0 Å². The number of rotatable bonds is 3. The Kier molecular flexibility index (Phi) is 2.39. The van der Waals surface area contributed by atoms with Crippen LogP contribution in [0, 0.1) is 0 Å². The van der Waals surface area contributed by atoms with Crippen LogP contribution in [0.3, 0.4) is 0 Å². The van der Waals surface area contributed by atoms with Gasteiger partial charge in [-0.25, -0.2) is 4.98 Å². The van der Waals surface area contributed by atoms with Crippen LogP contribution in [0.1, 0.15) is 11.4 Å². The average molecular weight is 140 g/mol. The zero-order valence-corrected chi connectivity index (χ0v) is 5.65. The van der Waals surface area contributed by atoms with E-state index in [-0.39, 0.29) is 0 Å². The van der Waals surface area contributed by atoms with Crippen molar-refractivity contribution in [3.63, 3.8) is 0 Å². The third-order valence-corrected chi connectivity index (χ3v) is 1.76. The zero-order valence-electron chi connectivity index (χ0n) is 4.83. The molecule has 0 saturated carbocycles. The first-order valence-corrected chi connectivity index (χ1v) is 3.55. The minimum Gasteiger partial charge on any atom is -0.291 e. The number of thiazole rings is 1. The van der Waals surface area contributed by atoms with Crippen LogP contribution in [0.5, 0.6) is 0 Å². The number of nitrogens with zero attached hydrogens (tertiary/aromatic N) is 1. The number of hydrogen-bond acceptors (Lipinski definition) is 3. The molecule has 0 bridgehead atoms. The molecule has 0 N–H and O–H groups in total. The van der Waals surface area contributed by atoms with Crippen LogP contribution in [0.4, 0.5) is 0 Å². The van der Waals surface area contributed by atoms with Gasteiger partial charge in [0.05, 0.1) is 5.01 Å². The molecule has 0 unspecified atom stereocenters. The lowest BCUT2D eigenvalue weighted by atomic mass is 10.3. The highest BCUT2D eigenvalue weighted by Gasteiger charge is 1.92. The number of hydrogen-bond donors (Lipinski definition) is 0. The van der Waals surface area contributed by atoms with E-state index in [4.69, 9.17) is 0 Å². The molecule has 0 fully saturated rings. The first-order chi connectivity index (χ1) is 4.43. The van der Waals surface area contributed by atoms with E-state index in [1.165, 1.54) is 0 Å². The monoisotopic (exact) mass is 140 g/mol. The highest BCUT2D eigenvalue weighted by atomic mass is 32.1. The Morgan fingerprint density at radius 3 is 3.22 bits per heavy atom. The Balaban J connectivity index is 2.38. The van der Waals surface area contributed by atoms with Crippen LogP contribution < -0.4 is 0 Å². The molecule has 3 heteroatoms. The molecule has 1 aromatic rings. The highest BCUT2D eigenvalue weighted by molar-refractivity contribution is 7.09. The highest BCUT2D eigenvalue weighted by Crippen LogP contribution is 2.04. The van der Waals surface area contributed by atoms with Gasteiger partial charge in [-0.3, -0.25) is 4.79 Å². The fourth-order valence-corrected chi connectivity index (χ4v) is 1.15. The summed E-state index contributed by atoms with van der Waals surface area (Å²) >= 11 is 1.57. The van der Waals surface area contributed by atoms with Gasteiger partial charge >= 0.3 is 0 Å². The molecule has 0 aromatic carbocycles. The largest absolute Gasteiger partial charge is 0.291 e. The molecule has 2 nitrogen and oxygen atoms in total. The molecule has 0 saturated heterocycles. The van der Waals surface area contributed by atoms with E-state index < -0.39 is 0 Å². The van der Waals surface area contributed by atoms with Crippen molar-refractivity contribution < 1.29 is 4.79 Å². The molecule has 1 heterocycles. The van der Waals surface area contributed by atoms with Crippen molar-refractivity contribution in [2.75, 3.05) is 0 Å². The van der Waals surface area contributed by atoms with Crippen LogP contribution >= 0.6 is 11.3 Å². The van der Waals surface area contributed by atoms with E-state index in [1.54, 1.807) is 17.5 Å². The summed E-state index contributed by atoms with van der Waals surface area (Å²) < 4.78 is 0. The Hall–Kier alpha value is -0.700. The van der Waals surface area contributed by atoms with Gasteiger partial charge in [0.1, 0.15) is 0 Å². The van der Waals surface area contributed by atoms with Gasteiger partial charge in [-0.2, -0.15) is 0 Å². The van der Waals surface area contributed by atoms with Gasteiger partial charge in [0.15, 0.2) is 6.29 Å². The second-order valence-electron chi connectivity index (χ2n) is 1.57. The van der Waals surface area contributed by atoms with Gasteiger partial charge in [-0.15, -0.1) is 11.3 Å². The first-order valence-electron chi connectivity index (χ1n) is 2.67. The zero-order chi connectivity index (χ0) is 6.53. The predicted octanol–water partition coefficient (Wildman–Crippen LogP) is 1.19. The van der Waals surface area contributed by atoms with Crippen LogP contribution in [0.15, 0.2) is 11.6 Å². The van der Waals surface area contributed by atoms with Crippen molar-refractivity contribution in [1.82, 2.24) is 4.98 Å². The van der Waals surface area contributed by atoms with E-state index in [0.29, 0.717) is 6.42 Å². The minimum absolute atomic E-state index is 0.466. The maximum absolute atomic E-state index is 9.75. The van der Waals surface area contributed by atoms with E-state index in [2.05, 4.69) is 4.98 Å². The standard InChI is InChI=1S/C6H6NOS/c8-4-1-2-6-7-3-5-9-6/h3,5H,1-2H2. The minimum atomic E-state index is 0.466. The van der Waals surface area contributed by atoms with Gasteiger partial charge in [-0.1, -0.05) is 0 Å². The summed E-state index contributed by atoms with van der Waals surface area (Å²) in [5.41, 5.74) is 0. The van der Waals surface area contributed by atoms with Gasteiger partial charge in [-0.05, 0) is 0 Å². The third-order valence-electron chi connectivity index (χ3n) is 0.924. The summed E-state index contributed by atoms with van der Waals surface area (Å²) in [4.78, 5) is 13.7.